The van der Waals surface area contributed by atoms with Gasteiger partial charge in [0.15, 0.2) is 0 Å². The normalized spacial score (nSPS) is 8.07. The second-order valence-corrected chi connectivity index (χ2v) is 2.80. The molecule has 2 rings (SSSR count). The van der Waals surface area contributed by atoms with Crippen LogP contribution in [-0.4, -0.2) is 0 Å². The van der Waals surface area contributed by atoms with E-state index in [0.29, 0.717) is 0 Å². The van der Waals surface area contributed by atoms with Crippen molar-refractivity contribution in [2.75, 3.05) is 0 Å². The van der Waals surface area contributed by atoms with E-state index in [9.17, 15) is 0 Å². The second kappa shape index (κ2) is 8.01. The Morgan fingerprint density at radius 1 is 0.786 bits per heavy atom. The molecule has 0 nitrogen and oxygen atoms in total. The summed E-state index contributed by atoms with van der Waals surface area (Å²) in [4.78, 5) is 0. The minimum absolute atomic E-state index is 0. The van der Waals surface area contributed by atoms with Crippen molar-refractivity contribution in [3.63, 3.8) is 0 Å². The molecular formula is C11H12I2Os. The molecule has 0 unspecified atom stereocenters. The Morgan fingerprint density at radius 3 is 2.00 bits per heavy atom. The zero-order valence-electron chi connectivity index (χ0n) is 7.71. The zero-order valence-corrected chi connectivity index (χ0v) is 14.9. The first-order valence-electron chi connectivity index (χ1n) is 3.82. The third-order valence-corrected chi connectivity index (χ3v) is 2.01. The Labute approximate surface area is 132 Å². The van der Waals surface area contributed by atoms with Crippen molar-refractivity contribution in [1.82, 2.24) is 0 Å². The summed E-state index contributed by atoms with van der Waals surface area (Å²) in [5.74, 6) is 0. The Hall–Kier alpha value is 0.796. The summed E-state index contributed by atoms with van der Waals surface area (Å²) >= 11 is 0. The van der Waals surface area contributed by atoms with Crippen molar-refractivity contribution in [3.05, 3.63) is 48.0 Å². The van der Waals surface area contributed by atoms with Crippen LogP contribution in [0.5, 0.6) is 0 Å². The van der Waals surface area contributed by atoms with E-state index < -0.39 is 0 Å². The summed E-state index contributed by atoms with van der Waals surface area (Å²) in [5.41, 5.74) is 1.35. The van der Waals surface area contributed by atoms with Crippen molar-refractivity contribution < 1.29 is 19.8 Å². The van der Waals surface area contributed by atoms with Gasteiger partial charge in [0, 0.05) is 19.8 Å². The molecule has 3 heteroatoms. The minimum atomic E-state index is 0. The molecule has 0 aliphatic heterocycles. The third kappa shape index (κ3) is 3.75. The average molecular weight is 588 g/mol. The molecule has 0 radical (unpaired) electrons. The molecule has 0 fully saturated rings. The topological polar surface area (TPSA) is 0 Å². The largest absolute Gasteiger partial charge is 0.107 e. The van der Waals surface area contributed by atoms with E-state index in [-0.39, 0.29) is 67.7 Å². The van der Waals surface area contributed by atoms with Gasteiger partial charge in [-0.05, 0) is 23.3 Å². The minimum Gasteiger partial charge on any atom is -0.107 e. The van der Waals surface area contributed by atoms with Gasteiger partial charge in [-0.2, -0.15) is 0 Å². The molecule has 0 bridgehead atoms. The summed E-state index contributed by atoms with van der Waals surface area (Å²) in [6.45, 7) is 2.14. The van der Waals surface area contributed by atoms with Gasteiger partial charge in [-0.3, -0.25) is 0 Å². The molecule has 0 aromatic heterocycles. The first-order chi connectivity index (χ1) is 5.38. The van der Waals surface area contributed by atoms with Crippen LogP contribution in [0.25, 0.3) is 10.8 Å². The molecule has 0 aliphatic carbocycles. The predicted octanol–water partition coefficient (Wildman–Crippen LogP) is 4.38. The molecule has 0 spiro atoms. The molecule has 0 saturated heterocycles. The smallest absolute Gasteiger partial charge is 0 e. The van der Waals surface area contributed by atoms with Gasteiger partial charge in [-0.25, -0.2) is 0 Å². The maximum atomic E-state index is 2.16. The predicted molar refractivity (Wildman–Crippen MR) is 79.5 cm³/mol. The van der Waals surface area contributed by atoms with E-state index >= 15 is 0 Å². The average Bonchev–Trinajstić information content (AvgIpc) is 2.06. The van der Waals surface area contributed by atoms with Crippen molar-refractivity contribution >= 4 is 58.7 Å². The fourth-order valence-corrected chi connectivity index (χ4v) is 1.39. The summed E-state index contributed by atoms with van der Waals surface area (Å²) < 4.78 is 0. The quantitative estimate of drug-likeness (QED) is 0.401. The standard InChI is InChI=1S/C11H10.2HI.Os/c1-9-5-4-7-10-6-2-3-8-11(9)10;;;/h2-8H,1H3;2*1H;. The number of benzene rings is 2. The number of hydrogen-bond donors (Lipinski definition) is 0. The van der Waals surface area contributed by atoms with Crippen LogP contribution in [0.2, 0.25) is 0 Å². The van der Waals surface area contributed by atoms with Gasteiger partial charge in [0.1, 0.15) is 0 Å². The molecular weight excluding hydrogens is 576 g/mol. The molecule has 0 aliphatic rings. The third-order valence-electron chi connectivity index (χ3n) is 2.01. The van der Waals surface area contributed by atoms with Crippen LogP contribution in [0.3, 0.4) is 0 Å². The Bertz CT molecular complexity index is 382. The van der Waals surface area contributed by atoms with Gasteiger partial charge < -0.3 is 0 Å². The number of fused-ring (bicyclic) bond motifs is 1. The van der Waals surface area contributed by atoms with Gasteiger partial charge in [0.25, 0.3) is 0 Å². The van der Waals surface area contributed by atoms with E-state index in [1.807, 2.05) is 0 Å². The van der Waals surface area contributed by atoms with E-state index in [1.54, 1.807) is 0 Å². The summed E-state index contributed by atoms with van der Waals surface area (Å²) in [7, 11) is 0. The van der Waals surface area contributed by atoms with Crippen LogP contribution in [0, 0.1) is 6.92 Å². The van der Waals surface area contributed by atoms with Gasteiger partial charge in [-0.1, -0.05) is 42.5 Å². The number of halogens is 2. The van der Waals surface area contributed by atoms with Crippen molar-refractivity contribution in [2.24, 2.45) is 0 Å². The monoisotopic (exact) mass is 590 g/mol. The fraction of sp³-hybridized carbons (Fsp3) is 0.0909. The molecule has 2 aromatic rings. The summed E-state index contributed by atoms with van der Waals surface area (Å²) in [6, 6.07) is 14.8. The van der Waals surface area contributed by atoms with Crippen LogP contribution in [-0.2, 0) is 19.8 Å². The Morgan fingerprint density at radius 2 is 1.36 bits per heavy atom. The van der Waals surface area contributed by atoms with E-state index in [0.717, 1.165) is 0 Å². The van der Waals surface area contributed by atoms with Crippen LogP contribution >= 0.6 is 48.0 Å². The van der Waals surface area contributed by atoms with Crippen LogP contribution in [0.15, 0.2) is 42.5 Å². The van der Waals surface area contributed by atoms with Gasteiger partial charge in [0.05, 0.1) is 0 Å². The first kappa shape index (κ1) is 17.2. The van der Waals surface area contributed by atoms with E-state index in [1.165, 1.54) is 16.3 Å². The van der Waals surface area contributed by atoms with Crippen LogP contribution < -0.4 is 0 Å². The van der Waals surface area contributed by atoms with Crippen LogP contribution in [0.4, 0.5) is 0 Å². The molecule has 0 saturated carbocycles. The van der Waals surface area contributed by atoms with Gasteiger partial charge in [-0.15, -0.1) is 48.0 Å². The fourth-order valence-electron chi connectivity index (χ4n) is 1.39. The molecule has 78 valence electrons. The molecule has 0 N–H and O–H groups in total. The summed E-state index contributed by atoms with van der Waals surface area (Å²) in [5, 5.41) is 2.68. The maximum Gasteiger partial charge on any atom is 0 e. The van der Waals surface area contributed by atoms with Crippen molar-refractivity contribution in [2.45, 2.75) is 6.92 Å². The second-order valence-electron chi connectivity index (χ2n) is 2.80. The SMILES string of the molecule is Cc1cccc2ccccc12.I.I.[Os]. The molecule has 14 heavy (non-hydrogen) atoms. The van der Waals surface area contributed by atoms with Crippen LogP contribution in [0.1, 0.15) is 5.56 Å². The zero-order chi connectivity index (χ0) is 7.68. The van der Waals surface area contributed by atoms with E-state index in [4.69, 9.17) is 0 Å². The molecule has 0 heterocycles. The molecule has 0 atom stereocenters. The maximum absolute atomic E-state index is 2.16. The van der Waals surface area contributed by atoms with E-state index in [2.05, 4.69) is 49.4 Å². The van der Waals surface area contributed by atoms with Gasteiger partial charge in [0.2, 0.25) is 0 Å². The first-order valence-corrected chi connectivity index (χ1v) is 3.82. The number of hydrogen-bond acceptors (Lipinski definition) is 0. The molecule has 0 amide bonds. The van der Waals surface area contributed by atoms with Gasteiger partial charge >= 0.3 is 0 Å². The summed E-state index contributed by atoms with van der Waals surface area (Å²) in [6.07, 6.45) is 0. The Balaban J connectivity index is 0. The van der Waals surface area contributed by atoms with Crippen molar-refractivity contribution in [3.8, 4) is 0 Å². The Kier molecular flexibility index (Phi) is 9.84. The molecule has 2 aromatic carbocycles. The number of rotatable bonds is 0. The number of aryl methyl sites for hydroxylation is 1. The van der Waals surface area contributed by atoms with Crippen molar-refractivity contribution in [1.29, 1.82) is 0 Å².